The lowest BCUT2D eigenvalue weighted by Crippen LogP contribution is -1.89. The lowest BCUT2D eigenvalue weighted by atomic mass is 10.2. The molecule has 0 saturated carbocycles. The lowest BCUT2D eigenvalue weighted by molar-refractivity contribution is 1.09. The molecule has 0 aliphatic heterocycles. The lowest BCUT2D eigenvalue weighted by Gasteiger charge is -2.00. The molecule has 0 spiro atoms. The highest BCUT2D eigenvalue weighted by Crippen LogP contribution is 2.25. The van der Waals surface area contributed by atoms with Gasteiger partial charge in [-0.15, -0.1) is 0 Å². The number of aromatic amines is 1. The molecule has 2 heterocycles. The van der Waals surface area contributed by atoms with Crippen molar-refractivity contribution in [1.29, 1.82) is 0 Å². The highest BCUT2D eigenvalue weighted by Gasteiger charge is 2.05. The average Bonchev–Trinajstić information content (AvgIpc) is 2.56. The summed E-state index contributed by atoms with van der Waals surface area (Å²) in [6, 6.07) is 1.66. The monoisotopic (exact) mass is 194 g/mol. The maximum atomic E-state index is 5.94. The van der Waals surface area contributed by atoms with Gasteiger partial charge in [0.2, 0.25) is 0 Å². The fraction of sp³-hybridized carbons (Fsp3) is 0. The largest absolute Gasteiger partial charge is 0.397 e. The third-order valence-corrected chi connectivity index (χ3v) is 1.92. The smallest absolute Gasteiger partial charge is 0.0921 e. The van der Waals surface area contributed by atoms with E-state index in [0.29, 0.717) is 16.4 Å². The molecule has 0 aromatic carbocycles. The predicted octanol–water partition coefficient (Wildman–Crippen LogP) is 1.71. The van der Waals surface area contributed by atoms with Crippen LogP contribution in [-0.4, -0.2) is 15.2 Å². The van der Waals surface area contributed by atoms with Gasteiger partial charge in [0.1, 0.15) is 0 Å². The van der Waals surface area contributed by atoms with Gasteiger partial charge in [0, 0.05) is 11.8 Å². The van der Waals surface area contributed by atoms with E-state index < -0.39 is 0 Å². The van der Waals surface area contributed by atoms with E-state index in [-0.39, 0.29) is 0 Å². The second kappa shape index (κ2) is 3.06. The van der Waals surface area contributed by atoms with Gasteiger partial charge in [-0.05, 0) is 6.07 Å². The van der Waals surface area contributed by atoms with Gasteiger partial charge in [-0.1, -0.05) is 11.6 Å². The van der Waals surface area contributed by atoms with Crippen molar-refractivity contribution in [3.05, 3.63) is 29.7 Å². The molecular weight excluding hydrogens is 188 g/mol. The standard InChI is InChI=1S/C8H7ClN4/c9-7-1-6(10)4-11-8(7)5-2-12-13-3-5/h1-4H,10H2,(H,12,13). The van der Waals surface area contributed by atoms with Crippen LogP contribution in [0, 0.1) is 0 Å². The zero-order chi connectivity index (χ0) is 9.26. The molecule has 2 aromatic rings. The molecule has 0 atom stereocenters. The Kier molecular flexibility index (Phi) is 1.90. The van der Waals surface area contributed by atoms with Crippen LogP contribution in [0.25, 0.3) is 11.3 Å². The van der Waals surface area contributed by atoms with Gasteiger partial charge >= 0.3 is 0 Å². The minimum Gasteiger partial charge on any atom is -0.397 e. The average molecular weight is 195 g/mol. The van der Waals surface area contributed by atoms with Gasteiger partial charge in [0.15, 0.2) is 0 Å². The third kappa shape index (κ3) is 1.48. The highest BCUT2D eigenvalue weighted by molar-refractivity contribution is 6.33. The van der Waals surface area contributed by atoms with E-state index in [9.17, 15) is 0 Å². The topological polar surface area (TPSA) is 67.6 Å². The molecule has 5 heteroatoms. The van der Waals surface area contributed by atoms with E-state index in [2.05, 4.69) is 15.2 Å². The number of H-pyrrole nitrogens is 1. The maximum Gasteiger partial charge on any atom is 0.0921 e. The number of halogens is 1. The Bertz CT molecular complexity index is 410. The molecule has 13 heavy (non-hydrogen) atoms. The van der Waals surface area contributed by atoms with Crippen molar-refractivity contribution in [3.8, 4) is 11.3 Å². The number of nitrogens with one attached hydrogen (secondary N) is 1. The van der Waals surface area contributed by atoms with Crippen LogP contribution in [0.3, 0.4) is 0 Å². The molecule has 3 N–H and O–H groups in total. The van der Waals surface area contributed by atoms with Crippen LogP contribution in [0.4, 0.5) is 5.69 Å². The quantitative estimate of drug-likeness (QED) is 0.726. The molecule has 0 saturated heterocycles. The highest BCUT2D eigenvalue weighted by atomic mass is 35.5. The summed E-state index contributed by atoms with van der Waals surface area (Å²) < 4.78 is 0. The van der Waals surface area contributed by atoms with E-state index >= 15 is 0 Å². The third-order valence-electron chi connectivity index (χ3n) is 1.63. The van der Waals surface area contributed by atoms with Gasteiger partial charge in [0.25, 0.3) is 0 Å². The van der Waals surface area contributed by atoms with Crippen molar-refractivity contribution in [1.82, 2.24) is 15.2 Å². The van der Waals surface area contributed by atoms with Crippen molar-refractivity contribution >= 4 is 17.3 Å². The summed E-state index contributed by atoms with van der Waals surface area (Å²) in [7, 11) is 0. The van der Waals surface area contributed by atoms with Crippen LogP contribution in [0.15, 0.2) is 24.7 Å². The van der Waals surface area contributed by atoms with Crippen LogP contribution in [0.5, 0.6) is 0 Å². The Morgan fingerprint density at radius 2 is 2.23 bits per heavy atom. The zero-order valence-corrected chi connectivity index (χ0v) is 7.42. The zero-order valence-electron chi connectivity index (χ0n) is 6.66. The fourth-order valence-electron chi connectivity index (χ4n) is 1.05. The Morgan fingerprint density at radius 1 is 1.38 bits per heavy atom. The van der Waals surface area contributed by atoms with Crippen molar-refractivity contribution in [3.63, 3.8) is 0 Å². The number of aromatic nitrogens is 3. The summed E-state index contributed by atoms with van der Waals surface area (Å²) in [4.78, 5) is 4.10. The van der Waals surface area contributed by atoms with Gasteiger partial charge in [-0.3, -0.25) is 10.1 Å². The minimum atomic E-state index is 0.529. The number of nitrogens with two attached hydrogens (primary N) is 1. The molecule has 0 unspecified atom stereocenters. The molecule has 2 rings (SSSR count). The number of hydrogen-bond donors (Lipinski definition) is 2. The van der Waals surface area contributed by atoms with E-state index in [1.807, 2.05) is 0 Å². The molecule has 2 aromatic heterocycles. The minimum absolute atomic E-state index is 0.529. The van der Waals surface area contributed by atoms with Crippen molar-refractivity contribution in [2.45, 2.75) is 0 Å². The Morgan fingerprint density at radius 3 is 2.85 bits per heavy atom. The summed E-state index contributed by atoms with van der Waals surface area (Å²) in [6.45, 7) is 0. The summed E-state index contributed by atoms with van der Waals surface area (Å²) in [5.41, 5.74) is 7.60. The van der Waals surface area contributed by atoms with Crippen molar-refractivity contribution < 1.29 is 0 Å². The number of nitrogens with zero attached hydrogens (tertiary/aromatic N) is 2. The van der Waals surface area contributed by atoms with Crippen LogP contribution >= 0.6 is 11.6 Å². The predicted molar refractivity (Wildman–Crippen MR) is 51.2 cm³/mol. The molecule has 0 bridgehead atoms. The van der Waals surface area contributed by atoms with Crippen molar-refractivity contribution in [2.75, 3.05) is 5.73 Å². The first-order valence-corrected chi connectivity index (χ1v) is 4.05. The van der Waals surface area contributed by atoms with Crippen LogP contribution in [-0.2, 0) is 0 Å². The normalized spacial score (nSPS) is 10.2. The first-order valence-electron chi connectivity index (χ1n) is 3.67. The summed E-state index contributed by atoms with van der Waals surface area (Å²) in [6.07, 6.45) is 4.95. The van der Waals surface area contributed by atoms with Crippen LogP contribution in [0.1, 0.15) is 0 Å². The Balaban J connectivity index is 2.53. The molecule has 4 nitrogen and oxygen atoms in total. The molecule has 0 fully saturated rings. The summed E-state index contributed by atoms with van der Waals surface area (Å²) >= 11 is 5.94. The van der Waals surface area contributed by atoms with Gasteiger partial charge in [-0.25, -0.2) is 0 Å². The molecule has 66 valence electrons. The van der Waals surface area contributed by atoms with Crippen LogP contribution in [0.2, 0.25) is 5.02 Å². The molecular formula is C8H7ClN4. The maximum absolute atomic E-state index is 5.94. The number of nitrogen functional groups attached to an aromatic ring is 1. The SMILES string of the molecule is Nc1cnc(-c2cn[nH]c2)c(Cl)c1. The second-order valence-corrected chi connectivity index (χ2v) is 2.99. The molecule has 0 radical (unpaired) electrons. The first-order chi connectivity index (χ1) is 6.27. The molecule has 0 aliphatic rings. The second-order valence-electron chi connectivity index (χ2n) is 2.59. The summed E-state index contributed by atoms with van der Waals surface area (Å²) in [5.74, 6) is 0. The Labute approximate surface area is 79.7 Å². The number of pyridine rings is 1. The molecule has 0 amide bonds. The first kappa shape index (κ1) is 8.07. The fourth-order valence-corrected chi connectivity index (χ4v) is 1.33. The van der Waals surface area contributed by atoms with E-state index in [4.69, 9.17) is 17.3 Å². The summed E-state index contributed by atoms with van der Waals surface area (Å²) in [5, 5.41) is 7.03. The van der Waals surface area contributed by atoms with E-state index in [1.54, 1.807) is 24.7 Å². The van der Waals surface area contributed by atoms with Crippen LogP contribution < -0.4 is 5.73 Å². The van der Waals surface area contributed by atoms with Crippen molar-refractivity contribution in [2.24, 2.45) is 0 Å². The van der Waals surface area contributed by atoms with Gasteiger partial charge < -0.3 is 5.73 Å². The van der Waals surface area contributed by atoms with E-state index in [1.165, 1.54) is 0 Å². The molecule has 0 aliphatic carbocycles. The number of anilines is 1. The van der Waals surface area contributed by atoms with Gasteiger partial charge in [0.05, 0.1) is 28.8 Å². The van der Waals surface area contributed by atoms with Gasteiger partial charge in [-0.2, -0.15) is 5.10 Å². The number of hydrogen-bond acceptors (Lipinski definition) is 3. The van der Waals surface area contributed by atoms with E-state index in [0.717, 1.165) is 5.56 Å². The Hall–Kier alpha value is -1.55. The number of rotatable bonds is 1.